The second kappa shape index (κ2) is 8.92. The maximum atomic E-state index is 13.5. The van der Waals surface area contributed by atoms with Gasteiger partial charge in [-0.3, -0.25) is 9.69 Å². The second-order valence-electron chi connectivity index (χ2n) is 7.34. The van der Waals surface area contributed by atoms with Crippen molar-refractivity contribution < 1.29 is 19.1 Å². The highest BCUT2D eigenvalue weighted by atomic mass is 16.5. The molecule has 3 aromatic carbocycles. The lowest BCUT2D eigenvalue weighted by atomic mass is 9.83. The van der Waals surface area contributed by atoms with Gasteiger partial charge in [-0.1, -0.05) is 60.7 Å². The van der Waals surface area contributed by atoms with Crippen molar-refractivity contribution in [1.29, 1.82) is 0 Å². The molecule has 1 aliphatic rings. The zero-order chi connectivity index (χ0) is 21.7. The standard InChI is InChI=1S/C25H24N2O4/c1-30-21-12-14-22(15-13-21)31-17-16-27-23(28)25(26-24(27)29,20-10-6-3-7-11-20)18-19-8-4-2-5-9-19/h2-15H,16-18H2,1H3,(H,26,29)/t25-/m1/s1. The highest BCUT2D eigenvalue weighted by Gasteiger charge is 2.52. The van der Waals surface area contributed by atoms with E-state index in [2.05, 4.69) is 5.32 Å². The summed E-state index contributed by atoms with van der Waals surface area (Å²) in [6, 6.07) is 25.8. The molecule has 158 valence electrons. The summed E-state index contributed by atoms with van der Waals surface area (Å²) in [4.78, 5) is 27.6. The minimum atomic E-state index is -1.14. The van der Waals surface area contributed by atoms with E-state index in [-0.39, 0.29) is 19.1 Å². The molecule has 3 amide bonds. The van der Waals surface area contributed by atoms with Crippen LogP contribution in [-0.4, -0.2) is 37.1 Å². The molecule has 0 bridgehead atoms. The Bertz CT molecular complexity index is 1040. The van der Waals surface area contributed by atoms with Crippen molar-refractivity contribution in [3.8, 4) is 11.5 Å². The Morgan fingerprint density at radius 1 is 0.839 bits per heavy atom. The lowest BCUT2D eigenvalue weighted by molar-refractivity contribution is -0.131. The first-order valence-corrected chi connectivity index (χ1v) is 10.1. The van der Waals surface area contributed by atoms with Gasteiger partial charge < -0.3 is 14.8 Å². The third-order valence-corrected chi connectivity index (χ3v) is 5.40. The molecule has 0 aliphatic carbocycles. The van der Waals surface area contributed by atoms with E-state index in [1.807, 2.05) is 60.7 Å². The summed E-state index contributed by atoms with van der Waals surface area (Å²) in [7, 11) is 1.60. The van der Waals surface area contributed by atoms with Crippen LogP contribution in [0.1, 0.15) is 11.1 Å². The highest BCUT2D eigenvalue weighted by molar-refractivity contribution is 6.07. The number of amides is 3. The monoisotopic (exact) mass is 416 g/mol. The number of carbonyl (C=O) groups excluding carboxylic acids is 2. The van der Waals surface area contributed by atoms with Gasteiger partial charge in [0, 0.05) is 6.42 Å². The van der Waals surface area contributed by atoms with Crippen LogP contribution in [0.5, 0.6) is 11.5 Å². The van der Waals surface area contributed by atoms with Crippen LogP contribution in [0.3, 0.4) is 0 Å². The summed E-state index contributed by atoms with van der Waals surface area (Å²) in [5.74, 6) is 1.10. The van der Waals surface area contributed by atoms with Crippen LogP contribution < -0.4 is 14.8 Å². The van der Waals surface area contributed by atoms with Crippen molar-refractivity contribution in [3.63, 3.8) is 0 Å². The molecule has 0 saturated carbocycles. The molecule has 1 saturated heterocycles. The van der Waals surface area contributed by atoms with Gasteiger partial charge in [-0.05, 0) is 35.4 Å². The van der Waals surface area contributed by atoms with Crippen molar-refractivity contribution in [2.45, 2.75) is 12.0 Å². The van der Waals surface area contributed by atoms with Gasteiger partial charge in [0.2, 0.25) is 0 Å². The number of hydrogen-bond donors (Lipinski definition) is 1. The summed E-state index contributed by atoms with van der Waals surface area (Å²) in [6.07, 6.45) is 0.373. The van der Waals surface area contributed by atoms with E-state index >= 15 is 0 Å². The second-order valence-corrected chi connectivity index (χ2v) is 7.34. The number of hydrogen-bond acceptors (Lipinski definition) is 4. The zero-order valence-corrected chi connectivity index (χ0v) is 17.3. The molecule has 6 heteroatoms. The third-order valence-electron chi connectivity index (χ3n) is 5.40. The van der Waals surface area contributed by atoms with Gasteiger partial charge >= 0.3 is 6.03 Å². The fourth-order valence-corrected chi connectivity index (χ4v) is 3.80. The molecule has 1 N–H and O–H groups in total. The number of rotatable bonds is 8. The number of benzene rings is 3. The predicted octanol–water partition coefficient (Wildman–Crippen LogP) is 3.76. The molecule has 6 nitrogen and oxygen atoms in total. The normalized spacial score (nSPS) is 18.0. The first-order chi connectivity index (χ1) is 15.1. The highest BCUT2D eigenvalue weighted by Crippen LogP contribution is 2.33. The van der Waals surface area contributed by atoms with E-state index in [0.29, 0.717) is 12.2 Å². The molecule has 0 radical (unpaired) electrons. The molecule has 0 spiro atoms. The van der Waals surface area contributed by atoms with E-state index in [1.165, 1.54) is 4.90 Å². The molecule has 0 unspecified atom stereocenters. The number of nitrogens with one attached hydrogen (secondary N) is 1. The fourth-order valence-electron chi connectivity index (χ4n) is 3.80. The quantitative estimate of drug-likeness (QED) is 0.568. The van der Waals surface area contributed by atoms with Gasteiger partial charge in [-0.25, -0.2) is 4.79 Å². The van der Waals surface area contributed by atoms with Crippen molar-refractivity contribution in [3.05, 3.63) is 96.1 Å². The number of ether oxygens (including phenoxy) is 2. The molecule has 4 rings (SSSR count). The summed E-state index contributed by atoms with van der Waals surface area (Å²) in [6.45, 7) is 0.349. The van der Waals surface area contributed by atoms with Crippen LogP contribution in [0.15, 0.2) is 84.9 Å². The van der Waals surface area contributed by atoms with E-state index in [1.54, 1.807) is 31.4 Å². The molecule has 31 heavy (non-hydrogen) atoms. The molecule has 1 heterocycles. The molecule has 1 atom stereocenters. The minimum absolute atomic E-state index is 0.153. The maximum Gasteiger partial charge on any atom is 0.325 e. The maximum absolute atomic E-state index is 13.5. The van der Waals surface area contributed by atoms with E-state index in [4.69, 9.17) is 9.47 Å². The van der Waals surface area contributed by atoms with Gasteiger partial charge in [0.1, 0.15) is 18.1 Å². The average Bonchev–Trinajstić information content (AvgIpc) is 3.05. The predicted molar refractivity (Wildman–Crippen MR) is 117 cm³/mol. The van der Waals surface area contributed by atoms with Crippen molar-refractivity contribution in [2.75, 3.05) is 20.3 Å². The Labute approximate surface area is 181 Å². The molecule has 1 aliphatic heterocycles. The first kappa shape index (κ1) is 20.5. The molecule has 0 aromatic heterocycles. The fraction of sp³-hybridized carbons (Fsp3) is 0.200. The topological polar surface area (TPSA) is 67.9 Å². The van der Waals surface area contributed by atoms with Crippen LogP contribution in [0.2, 0.25) is 0 Å². The summed E-state index contributed by atoms with van der Waals surface area (Å²) < 4.78 is 10.9. The van der Waals surface area contributed by atoms with E-state index < -0.39 is 11.6 Å². The lowest BCUT2D eigenvalue weighted by Crippen LogP contribution is -2.46. The number of nitrogens with zero attached hydrogens (tertiary/aromatic N) is 1. The largest absolute Gasteiger partial charge is 0.497 e. The van der Waals surface area contributed by atoms with Gasteiger partial charge in [0.15, 0.2) is 5.54 Å². The molecular weight excluding hydrogens is 392 g/mol. The molecule has 3 aromatic rings. The number of urea groups is 1. The van der Waals surface area contributed by atoms with E-state index in [9.17, 15) is 9.59 Å². The number of imide groups is 1. The lowest BCUT2D eigenvalue weighted by Gasteiger charge is -2.27. The summed E-state index contributed by atoms with van der Waals surface area (Å²) in [5.41, 5.74) is 0.590. The molecule has 1 fully saturated rings. The number of methoxy groups -OCH3 is 1. The van der Waals surface area contributed by atoms with Crippen molar-refractivity contribution >= 4 is 11.9 Å². The van der Waals surface area contributed by atoms with Crippen LogP contribution in [-0.2, 0) is 16.8 Å². The van der Waals surface area contributed by atoms with Gasteiger partial charge in [0.25, 0.3) is 5.91 Å². The third kappa shape index (κ3) is 4.23. The molecular formula is C25H24N2O4. The summed E-state index contributed by atoms with van der Waals surface area (Å²) in [5, 5.41) is 2.96. The van der Waals surface area contributed by atoms with Crippen LogP contribution >= 0.6 is 0 Å². The Morgan fingerprint density at radius 3 is 2.10 bits per heavy atom. The SMILES string of the molecule is COc1ccc(OCCN2C(=O)N[C@](Cc3ccccc3)(c3ccccc3)C2=O)cc1. The average molecular weight is 416 g/mol. The Hall–Kier alpha value is -3.80. The van der Waals surface area contributed by atoms with Crippen LogP contribution in [0.25, 0.3) is 0 Å². The van der Waals surface area contributed by atoms with E-state index in [0.717, 1.165) is 16.9 Å². The number of carbonyl (C=O) groups is 2. The van der Waals surface area contributed by atoms with Crippen LogP contribution in [0.4, 0.5) is 4.79 Å². The Morgan fingerprint density at radius 2 is 1.45 bits per heavy atom. The van der Waals surface area contributed by atoms with Crippen molar-refractivity contribution in [2.24, 2.45) is 0 Å². The van der Waals surface area contributed by atoms with Gasteiger partial charge in [0.05, 0.1) is 13.7 Å². The van der Waals surface area contributed by atoms with Gasteiger partial charge in [-0.2, -0.15) is 0 Å². The van der Waals surface area contributed by atoms with Gasteiger partial charge in [-0.15, -0.1) is 0 Å². The Balaban J connectivity index is 1.52. The van der Waals surface area contributed by atoms with Crippen LogP contribution in [0, 0.1) is 0 Å². The van der Waals surface area contributed by atoms with Crippen molar-refractivity contribution in [1.82, 2.24) is 10.2 Å². The minimum Gasteiger partial charge on any atom is -0.497 e. The smallest absolute Gasteiger partial charge is 0.325 e. The summed E-state index contributed by atoms with van der Waals surface area (Å²) >= 11 is 0. The Kier molecular flexibility index (Phi) is 5.89. The first-order valence-electron chi connectivity index (χ1n) is 10.1. The zero-order valence-electron chi connectivity index (χ0n) is 17.3.